The van der Waals surface area contributed by atoms with Gasteiger partial charge in [-0.2, -0.15) is 0 Å². The number of allylic oxidation sites excluding steroid dienone is 1. The lowest BCUT2D eigenvalue weighted by Crippen LogP contribution is -2.04. The average molecular weight is 182 g/mol. The number of rotatable bonds is 3. The van der Waals surface area contributed by atoms with E-state index >= 15 is 0 Å². The molecule has 70 valence electrons. The third kappa shape index (κ3) is 1.61. The summed E-state index contributed by atoms with van der Waals surface area (Å²) in [6, 6.07) is 0. The van der Waals surface area contributed by atoms with Crippen LogP contribution in [0.4, 0.5) is 0 Å². The number of hydrogen-bond acceptors (Lipinski definition) is 3. The molecule has 0 aromatic carbocycles. The maximum atomic E-state index is 10.9. The lowest BCUT2D eigenvalue weighted by Gasteiger charge is -1.98. The molecule has 0 aliphatic carbocycles. The zero-order valence-electron chi connectivity index (χ0n) is 7.29. The average Bonchev–Trinajstić information content (AvgIpc) is 2.28. The van der Waals surface area contributed by atoms with E-state index in [1.54, 1.807) is 0 Å². The van der Waals surface area contributed by atoms with Crippen molar-refractivity contribution in [2.24, 2.45) is 0 Å². The fourth-order valence-electron chi connectivity index (χ4n) is 1.15. The maximum absolute atomic E-state index is 10.9. The fraction of sp³-hybridized carbons (Fsp3) is 0.333. The van der Waals surface area contributed by atoms with Gasteiger partial charge in [-0.3, -0.25) is 0 Å². The summed E-state index contributed by atoms with van der Waals surface area (Å²) in [5, 5.41) is 8.75. The molecule has 0 aromatic rings. The topological polar surface area (TPSA) is 63.6 Å². The van der Waals surface area contributed by atoms with Crippen LogP contribution in [0.3, 0.4) is 0 Å². The van der Waals surface area contributed by atoms with Gasteiger partial charge in [0.15, 0.2) is 0 Å². The predicted molar refractivity (Wildman–Crippen MR) is 44.8 cm³/mol. The first-order valence-electron chi connectivity index (χ1n) is 3.95. The normalized spacial score (nSPS) is 16.4. The number of carboxylic acids is 1. The number of carboxylic acid groups (broad SMARTS) is 1. The minimum absolute atomic E-state index is 0.0593. The van der Waals surface area contributed by atoms with Gasteiger partial charge in [0, 0.05) is 6.42 Å². The molecule has 0 bridgehead atoms. The highest BCUT2D eigenvalue weighted by Crippen LogP contribution is 2.27. The minimum Gasteiger partial charge on any atom is -0.478 e. The van der Waals surface area contributed by atoms with Gasteiger partial charge in [0.05, 0.1) is 5.57 Å². The summed E-state index contributed by atoms with van der Waals surface area (Å²) in [6.45, 7) is 5.23. The molecule has 0 saturated heterocycles. The van der Waals surface area contributed by atoms with Crippen molar-refractivity contribution in [1.82, 2.24) is 0 Å². The van der Waals surface area contributed by atoms with E-state index in [1.807, 2.05) is 6.92 Å². The summed E-state index contributed by atoms with van der Waals surface area (Å²) in [5.74, 6) is -1.58. The minimum atomic E-state index is -1.15. The van der Waals surface area contributed by atoms with Crippen molar-refractivity contribution >= 4 is 11.9 Å². The number of cyclic esters (lactones) is 1. The molecule has 13 heavy (non-hydrogen) atoms. The van der Waals surface area contributed by atoms with E-state index < -0.39 is 11.9 Å². The second kappa shape index (κ2) is 3.43. The van der Waals surface area contributed by atoms with Crippen LogP contribution in [0.25, 0.3) is 0 Å². The van der Waals surface area contributed by atoms with Crippen molar-refractivity contribution in [3.05, 3.63) is 23.5 Å². The molecule has 1 rings (SSSR count). The highest BCUT2D eigenvalue weighted by Gasteiger charge is 2.32. The zero-order valence-corrected chi connectivity index (χ0v) is 7.29. The van der Waals surface area contributed by atoms with Gasteiger partial charge in [0.1, 0.15) is 11.3 Å². The SMILES string of the molecule is C=C1C(=O)OC(CCC)=C1C(=O)O. The lowest BCUT2D eigenvalue weighted by atomic mass is 10.1. The lowest BCUT2D eigenvalue weighted by molar-refractivity contribution is -0.134. The van der Waals surface area contributed by atoms with Crippen molar-refractivity contribution in [1.29, 1.82) is 0 Å². The zero-order chi connectivity index (χ0) is 10.0. The molecule has 0 amide bonds. The summed E-state index contributed by atoms with van der Waals surface area (Å²) < 4.78 is 4.75. The standard InChI is InChI=1S/C9H10O4/c1-3-4-6-7(8(10)11)5(2)9(12)13-6/h2-4H2,1H3,(H,10,11). The molecule has 0 spiro atoms. The van der Waals surface area contributed by atoms with Gasteiger partial charge in [-0.1, -0.05) is 13.5 Å². The van der Waals surface area contributed by atoms with Crippen LogP contribution in [0.1, 0.15) is 19.8 Å². The van der Waals surface area contributed by atoms with Crippen LogP contribution in [0.5, 0.6) is 0 Å². The summed E-state index contributed by atoms with van der Waals surface area (Å²) in [5.41, 5.74) is -0.136. The molecule has 0 aromatic heterocycles. The highest BCUT2D eigenvalue weighted by molar-refractivity contribution is 6.09. The molecule has 4 heteroatoms. The first-order chi connectivity index (χ1) is 6.07. The second-order valence-electron chi connectivity index (χ2n) is 2.72. The monoisotopic (exact) mass is 182 g/mol. The molecule has 0 saturated carbocycles. The Hall–Kier alpha value is -1.58. The van der Waals surface area contributed by atoms with Gasteiger partial charge in [-0.15, -0.1) is 0 Å². The van der Waals surface area contributed by atoms with Crippen molar-refractivity contribution in [3.63, 3.8) is 0 Å². The number of aliphatic carboxylic acids is 1. The van der Waals surface area contributed by atoms with E-state index in [1.165, 1.54) is 0 Å². The van der Waals surface area contributed by atoms with Crippen LogP contribution < -0.4 is 0 Å². The molecule has 1 N–H and O–H groups in total. The van der Waals surface area contributed by atoms with E-state index in [2.05, 4.69) is 6.58 Å². The van der Waals surface area contributed by atoms with Gasteiger partial charge in [0.25, 0.3) is 0 Å². The summed E-state index contributed by atoms with van der Waals surface area (Å²) in [6.07, 6.45) is 1.18. The number of esters is 1. The summed E-state index contributed by atoms with van der Waals surface area (Å²) >= 11 is 0. The number of carbonyl (C=O) groups excluding carboxylic acids is 1. The first kappa shape index (κ1) is 9.51. The highest BCUT2D eigenvalue weighted by atomic mass is 16.5. The van der Waals surface area contributed by atoms with E-state index in [-0.39, 0.29) is 16.9 Å². The predicted octanol–water partition coefficient (Wildman–Crippen LogP) is 1.24. The molecule has 0 unspecified atom stereocenters. The smallest absolute Gasteiger partial charge is 0.343 e. The van der Waals surface area contributed by atoms with Crippen LogP contribution in [-0.4, -0.2) is 17.0 Å². The van der Waals surface area contributed by atoms with E-state index in [4.69, 9.17) is 9.84 Å². The Morgan fingerprint density at radius 3 is 2.69 bits per heavy atom. The van der Waals surface area contributed by atoms with Crippen LogP contribution >= 0.6 is 0 Å². The summed E-state index contributed by atoms with van der Waals surface area (Å²) in [7, 11) is 0. The Labute approximate surface area is 75.5 Å². The van der Waals surface area contributed by atoms with Crippen LogP contribution in [0.15, 0.2) is 23.5 Å². The van der Waals surface area contributed by atoms with E-state index in [0.29, 0.717) is 6.42 Å². The van der Waals surface area contributed by atoms with Crippen molar-refractivity contribution < 1.29 is 19.4 Å². The van der Waals surface area contributed by atoms with Crippen molar-refractivity contribution in [2.75, 3.05) is 0 Å². The Morgan fingerprint density at radius 1 is 1.62 bits per heavy atom. The first-order valence-corrected chi connectivity index (χ1v) is 3.95. The fourth-order valence-corrected chi connectivity index (χ4v) is 1.15. The van der Waals surface area contributed by atoms with Gasteiger partial charge < -0.3 is 9.84 Å². The van der Waals surface area contributed by atoms with Crippen LogP contribution in [-0.2, 0) is 14.3 Å². The Morgan fingerprint density at radius 2 is 2.23 bits per heavy atom. The van der Waals surface area contributed by atoms with Crippen molar-refractivity contribution in [3.8, 4) is 0 Å². The maximum Gasteiger partial charge on any atom is 0.343 e. The second-order valence-corrected chi connectivity index (χ2v) is 2.72. The van der Waals surface area contributed by atoms with Crippen molar-refractivity contribution in [2.45, 2.75) is 19.8 Å². The molecule has 4 nitrogen and oxygen atoms in total. The largest absolute Gasteiger partial charge is 0.478 e. The molecule has 0 fully saturated rings. The third-order valence-electron chi connectivity index (χ3n) is 1.73. The molecule has 1 heterocycles. The molecular weight excluding hydrogens is 172 g/mol. The Balaban J connectivity index is 3.03. The Bertz CT molecular complexity index is 312. The number of carbonyl (C=O) groups is 2. The quantitative estimate of drug-likeness (QED) is 0.526. The molecule has 0 atom stereocenters. The Kier molecular flexibility index (Phi) is 2.51. The van der Waals surface area contributed by atoms with E-state index in [9.17, 15) is 9.59 Å². The molecule has 1 aliphatic rings. The van der Waals surface area contributed by atoms with Gasteiger partial charge in [-0.05, 0) is 6.42 Å². The number of ether oxygens (including phenoxy) is 1. The molecule has 0 radical (unpaired) electrons. The third-order valence-corrected chi connectivity index (χ3v) is 1.73. The van der Waals surface area contributed by atoms with Crippen LogP contribution in [0, 0.1) is 0 Å². The molecule has 1 aliphatic heterocycles. The van der Waals surface area contributed by atoms with Gasteiger partial charge in [-0.25, -0.2) is 9.59 Å². The van der Waals surface area contributed by atoms with E-state index in [0.717, 1.165) is 6.42 Å². The molecular formula is C9H10O4. The summed E-state index contributed by atoms with van der Waals surface area (Å²) in [4.78, 5) is 21.6. The van der Waals surface area contributed by atoms with Gasteiger partial charge >= 0.3 is 11.9 Å². The van der Waals surface area contributed by atoms with Crippen LogP contribution in [0.2, 0.25) is 0 Å². The number of hydrogen-bond donors (Lipinski definition) is 1. The van der Waals surface area contributed by atoms with Gasteiger partial charge in [0.2, 0.25) is 0 Å².